The second-order valence-electron chi connectivity index (χ2n) is 3.74. The second-order valence-corrected chi connectivity index (χ2v) is 4.26. The van der Waals surface area contributed by atoms with E-state index < -0.39 is 0 Å². The summed E-state index contributed by atoms with van der Waals surface area (Å²) in [5.41, 5.74) is 2.58. The van der Waals surface area contributed by atoms with Crippen LogP contribution in [0.25, 0.3) is 0 Å². The lowest BCUT2D eigenvalue weighted by molar-refractivity contribution is 0.809. The summed E-state index contributed by atoms with van der Waals surface area (Å²) < 4.78 is 0. The van der Waals surface area contributed by atoms with Crippen molar-refractivity contribution >= 4 is 11.6 Å². The molecular formula is C13H17Cl. The van der Waals surface area contributed by atoms with Crippen LogP contribution in [0.3, 0.4) is 0 Å². The lowest BCUT2D eigenvalue weighted by atomic mass is 10.1. The number of hydrogen-bond donors (Lipinski definition) is 0. The van der Waals surface area contributed by atoms with Gasteiger partial charge in [-0.05, 0) is 32.3 Å². The van der Waals surface area contributed by atoms with Crippen LogP contribution in [0.1, 0.15) is 37.6 Å². The van der Waals surface area contributed by atoms with E-state index in [0.717, 1.165) is 12.8 Å². The molecule has 0 amide bonds. The largest absolute Gasteiger partial charge is 0.118 e. The Balaban J connectivity index is 2.43. The molecule has 0 aromatic heterocycles. The first-order valence-electron chi connectivity index (χ1n) is 5.02. The summed E-state index contributed by atoms with van der Waals surface area (Å²) in [7, 11) is 0. The van der Waals surface area contributed by atoms with Crippen molar-refractivity contribution < 1.29 is 0 Å². The predicted octanol–water partition coefficient (Wildman–Crippen LogP) is 4.71. The Morgan fingerprint density at radius 1 is 1.29 bits per heavy atom. The van der Waals surface area contributed by atoms with Gasteiger partial charge in [0.2, 0.25) is 0 Å². The monoisotopic (exact) mass is 208 g/mol. The third-order valence-corrected chi connectivity index (χ3v) is 2.60. The van der Waals surface area contributed by atoms with Crippen LogP contribution in [0.15, 0.2) is 42.0 Å². The minimum atomic E-state index is 0.145. The average molecular weight is 209 g/mol. The summed E-state index contributed by atoms with van der Waals surface area (Å²) in [5, 5.41) is 0.145. The first-order valence-corrected chi connectivity index (χ1v) is 5.46. The third-order valence-electron chi connectivity index (χ3n) is 2.13. The normalized spacial score (nSPS) is 12.2. The molecule has 0 N–H and O–H groups in total. The highest BCUT2D eigenvalue weighted by Gasteiger charge is 2.04. The molecule has 1 heteroatoms. The Labute approximate surface area is 91.6 Å². The van der Waals surface area contributed by atoms with Gasteiger partial charge in [0.1, 0.15) is 0 Å². The Morgan fingerprint density at radius 2 is 1.93 bits per heavy atom. The molecule has 0 saturated carbocycles. The van der Waals surface area contributed by atoms with E-state index in [1.165, 1.54) is 11.1 Å². The van der Waals surface area contributed by atoms with Crippen molar-refractivity contribution in [1.29, 1.82) is 0 Å². The van der Waals surface area contributed by atoms with E-state index in [-0.39, 0.29) is 5.38 Å². The molecule has 0 bridgehead atoms. The number of alkyl halides is 1. The molecule has 0 heterocycles. The fourth-order valence-electron chi connectivity index (χ4n) is 1.35. The first kappa shape index (κ1) is 11.3. The van der Waals surface area contributed by atoms with Gasteiger partial charge in [0, 0.05) is 0 Å². The fourth-order valence-corrected chi connectivity index (χ4v) is 1.62. The van der Waals surface area contributed by atoms with Crippen molar-refractivity contribution in [2.24, 2.45) is 0 Å². The smallest absolute Gasteiger partial charge is 0.0588 e. The van der Waals surface area contributed by atoms with Gasteiger partial charge in [-0.25, -0.2) is 0 Å². The Hall–Kier alpha value is -0.750. The number of allylic oxidation sites excluding steroid dienone is 2. The van der Waals surface area contributed by atoms with E-state index in [1.807, 2.05) is 18.2 Å². The van der Waals surface area contributed by atoms with Crippen LogP contribution >= 0.6 is 11.6 Å². The van der Waals surface area contributed by atoms with E-state index in [9.17, 15) is 0 Å². The van der Waals surface area contributed by atoms with Gasteiger partial charge < -0.3 is 0 Å². The number of halogens is 1. The van der Waals surface area contributed by atoms with Crippen LogP contribution in [0.5, 0.6) is 0 Å². The first-order chi connectivity index (χ1) is 6.70. The number of rotatable bonds is 4. The van der Waals surface area contributed by atoms with Gasteiger partial charge in [-0.15, -0.1) is 11.6 Å². The molecule has 0 spiro atoms. The summed E-state index contributed by atoms with van der Waals surface area (Å²) in [6.45, 7) is 4.23. The molecular weight excluding hydrogens is 192 g/mol. The Bertz CT molecular complexity index is 283. The lowest BCUT2D eigenvalue weighted by Gasteiger charge is -2.07. The van der Waals surface area contributed by atoms with Crippen LogP contribution in [-0.4, -0.2) is 0 Å². The Kier molecular flexibility index (Phi) is 4.75. The van der Waals surface area contributed by atoms with Crippen LogP contribution in [0.4, 0.5) is 0 Å². The SMILES string of the molecule is CC(C)=CCC[C@H](Cl)c1ccccc1. The molecule has 0 radical (unpaired) electrons. The maximum atomic E-state index is 6.26. The molecule has 0 unspecified atom stereocenters. The zero-order valence-electron chi connectivity index (χ0n) is 8.83. The highest BCUT2D eigenvalue weighted by Crippen LogP contribution is 2.25. The fraction of sp³-hybridized carbons (Fsp3) is 0.385. The Morgan fingerprint density at radius 3 is 2.50 bits per heavy atom. The molecule has 0 nitrogen and oxygen atoms in total. The quantitative estimate of drug-likeness (QED) is 0.497. The molecule has 1 rings (SSSR count). The van der Waals surface area contributed by atoms with Crippen molar-refractivity contribution in [1.82, 2.24) is 0 Å². The van der Waals surface area contributed by atoms with Crippen molar-refractivity contribution in [3.8, 4) is 0 Å². The highest BCUT2D eigenvalue weighted by atomic mass is 35.5. The zero-order valence-corrected chi connectivity index (χ0v) is 9.59. The van der Waals surface area contributed by atoms with Gasteiger partial charge >= 0.3 is 0 Å². The van der Waals surface area contributed by atoms with Crippen molar-refractivity contribution in [3.05, 3.63) is 47.5 Å². The van der Waals surface area contributed by atoms with E-state index in [4.69, 9.17) is 11.6 Å². The minimum absolute atomic E-state index is 0.145. The minimum Gasteiger partial charge on any atom is -0.118 e. The molecule has 0 fully saturated rings. The summed E-state index contributed by atoms with van der Waals surface area (Å²) in [6, 6.07) is 10.3. The lowest BCUT2D eigenvalue weighted by Crippen LogP contribution is -1.88. The van der Waals surface area contributed by atoms with Gasteiger partial charge in [-0.2, -0.15) is 0 Å². The molecule has 0 aliphatic carbocycles. The topological polar surface area (TPSA) is 0 Å². The predicted molar refractivity (Wildman–Crippen MR) is 63.7 cm³/mol. The molecule has 0 saturated heterocycles. The summed E-state index contributed by atoms with van der Waals surface area (Å²) in [5.74, 6) is 0. The maximum absolute atomic E-state index is 6.26. The van der Waals surface area contributed by atoms with Gasteiger partial charge in [-0.3, -0.25) is 0 Å². The van der Waals surface area contributed by atoms with Gasteiger partial charge in [0.05, 0.1) is 5.38 Å². The van der Waals surface area contributed by atoms with Gasteiger partial charge in [-0.1, -0.05) is 42.0 Å². The van der Waals surface area contributed by atoms with Crippen LogP contribution in [0, 0.1) is 0 Å². The molecule has 76 valence electrons. The summed E-state index contributed by atoms with van der Waals surface area (Å²) >= 11 is 6.26. The molecule has 1 aromatic carbocycles. The third kappa shape index (κ3) is 3.97. The van der Waals surface area contributed by atoms with E-state index in [1.54, 1.807) is 0 Å². The average Bonchev–Trinajstić information content (AvgIpc) is 2.18. The van der Waals surface area contributed by atoms with Crippen molar-refractivity contribution in [2.45, 2.75) is 32.1 Å². The number of hydrogen-bond acceptors (Lipinski definition) is 0. The molecule has 0 aliphatic heterocycles. The van der Waals surface area contributed by atoms with Crippen LogP contribution in [0.2, 0.25) is 0 Å². The van der Waals surface area contributed by atoms with Gasteiger partial charge in [0.15, 0.2) is 0 Å². The van der Waals surface area contributed by atoms with Crippen LogP contribution < -0.4 is 0 Å². The summed E-state index contributed by atoms with van der Waals surface area (Å²) in [4.78, 5) is 0. The molecule has 1 atom stereocenters. The summed E-state index contributed by atoms with van der Waals surface area (Å²) in [6.07, 6.45) is 4.31. The molecule has 0 aliphatic rings. The van der Waals surface area contributed by atoms with E-state index in [2.05, 4.69) is 32.1 Å². The van der Waals surface area contributed by atoms with E-state index in [0.29, 0.717) is 0 Å². The second kappa shape index (κ2) is 5.87. The maximum Gasteiger partial charge on any atom is 0.0588 e. The zero-order chi connectivity index (χ0) is 10.4. The molecule has 1 aromatic rings. The number of benzene rings is 1. The molecule has 14 heavy (non-hydrogen) atoms. The highest BCUT2D eigenvalue weighted by molar-refractivity contribution is 6.20. The van der Waals surface area contributed by atoms with Crippen molar-refractivity contribution in [3.63, 3.8) is 0 Å². The van der Waals surface area contributed by atoms with Crippen LogP contribution in [-0.2, 0) is 0 Å². The standard InChI is InChI=1S/C13H17Cl/c1-11(2)7-6-10-13(14)12-8-4-3-5-9-12/h3-5,7-9,13H,6,10H2,1-2H3/t13-/m0/s1. The van der Waals surface area contributed by atoms with Crippen molar-refractivity contribution in [2.75, 3.05) is 0 Å². The van der Waals surface area contributed by atoms with E-state index >= 15 is 0 Å². The van der Waals surface area contributed by atoms with Gasteiger partial charge in [0.25, 0.3) is 0 Å².